The molecule has 152 valence electrons. The fraction of sp³-hybridized carbons (Fsp3) is 0.286. The molecule has 1 N–H and O–H groups in total. The Hall–Kier alpha value is -3.55. The first kappa shape index (κ1) is 20.2. The number of aromatic nitrogens is 2. The molecule has 1 aromatic carbocycles. The van der Waals surface area contributed by atoms with Crippen molar-refractivity contribution in [1.29, 1.82) is 0 Å². The molecule has 8 heteroatoms. The highest BCUT2D eigenvalue weighted by Crippen LogP contribution is 2.22. The average molecular weight is 397 g/mol. The molecule has 3 aromatic rings. The number of furan rings is 1. The van der Waals surface area contributed by atoms with E-state index in [1.807, 2.05) is 39.0 Å². The zero-order valence-electron chi connectivity index (χ0n) is 16.8. The van der Waals surface area contributed by atoms with E-state index in [9.17, 15) is 9.59 Å². The van der Waals surface area contributed by atoms with Gasteiger partial charge in [-0.3, -0.25) is 9.48 Å². The fourth-order valence-corrected chi connectivity index (χ4v) is 2.70. The van der Waals surface area contributed by atoms with Gasteiger partial charge in [-0.2, -0.15) is 5.10 Å². The molecular weight excluding hydrogens is 374 g/mol. The molecule has 1 amide bonds. The lowest BCUT2D eigenvalue weighted by molar-refractivity contribution is 0.0594. The zero-order chi connectivity index (χ0) is 21.0. The maximum absolute atomic E-state index is 12.5. The maximum atomic E-state index is 12.5. The van der Waals surface area contributed by atoms with Crippen molar-refractivity contribution in [2.45, 2.75) is 33.9 Å². The van der Waals surface area contributed by atoms with Crippen molar-refractivity contribution in [3.05, 3.63) is 64.9 Å². The number of amides is 1. The van der Waals surface area contributed by atoms with Crippen molar-refractivity contribution >= 4 is 17.6 Å². The fourth-order valence-electron chi connectivity index (χ4n) is 2.70. The zero-order valence-corrected chi connectivity index (χ0v) is 16.8. The Balaban J connectivity index is 1.69. The summed E-state index contributed by atoms with van der Waals surface area (Å²) in [5.74, 6) is 0.249. The number of aryl methyl sites for hydroxylation is 3. The first-order valence-corrected chi connectivity index (χ1v) is 9.17. The Bertz CT molecular complexity index is 1030. The van der Waals surface area contributed by atoms with Crippen molar-refractivity contribution in [2.24, 2.45) is 0 Å². The Morgan fingerprint density at radius 3 is 2.72 bits per heavy atom. The molecule has 0 aliphatic heterocycles. The predicted octanol–water partition coefficient (Wildman–Crippen LogP) is 3.73. The van der Waals surface area contributed by atoms with Gasteiger partial charge in [-0.25, -0.2) is 4.79 Å². The topological polar surface area (TPSA) is 95.6 Å². The minimum absolute atomic E-state index is 0.0349. The average Bonchev–Trinajstić information content (AvgIpc) is 3.35. The molecule has 0 saturated carbocycles. The summed E-state index contributed by atoms with van der Waals surface area (Å²) in [5.41, 5.74) is 2.41. The van der Waals surface area contributed by atoms with Crippen LogP contribution in [0.15, 0.2) is 40.9 Å². The molecule has 29 heavy (non-hydrogen) atoms. The number of ether oxygens (including phenoxy) is 2. The molecule has 0 spiro atoms. The second-order valence-corrected chi connectivity index (χ2v) is 6.52. The molecule has 8 nitrogen and oxygen atoms in total. The normalized spacial score (nSPS) is 10.6. The molecule has 0 bridgehead atoms. The summed E-state index contributed by atoms with van der Waals surface area (Å²) in [6.45, 7) is 6.56. The summed E-state index contributed by atoms with van der Waals surface area (Å²) < 4.78 is 17.6. The van der Waals surface area contributed by atoms with E-state index >= 15 is 0 Å². The SMILES string of the molecule is CCn1cc(NC(=O)c2ccc(COc3cc(C)ccc3C)o2)c(C(=O)OC)n1. The number of hydrogen-bond acceptors (Lipinski definition) is 6. The number of nitrogens with zero attached hydrogens (tertiary/aromatic N) is 2. The number of methoxy groups -OCH3 is 1. The Kier molecular flexibility index (Phi) is 6.01. The van der Waals surface area contributed by atoms with Gasteiger partial charge in [0, 0.05) is 12.7 Å². The summed E-state index contributed by atoms with van der Waals surface area (Å²) in [7, 11) is 1.26. The maximum Gasteiger partial charge on any atom is 0.360 e. The first-order chi connectivity index (χ1) is 13.9. The number of carbonyl (C=O) groups excluding carboxylic acids is 2. The lowest BCUT2D eigenvalue weighted by atomic mass is 10.1. The molecule has 2 aromatic heterocycles. The highest BCUT2D eigenvalue weighted by atomic mass is 16.5. The Labute approximate surface area is 168 Å². The third kappa shape index (κ3) is 4.66. The first-order valence-electron chi connectivity index (χ1n) is 9.17. The lowest BCUT2D eigenvalue weighted by Gasteiger charge is -2.08. The van der Waals surface area contributed by atoms with E-state index in [-0.39, 0.29) is 23.7 Å². The van der Waals surface area contributed by atoms with Crippen molar-refractivity contribution in [1.82, 2.24) is 9.78 Å². The molecule has 0 atom stereocenters. The van der Waals surface area contributed by atoms with Gasteiger partial charge < -0.3 is 19.2 Å². The minimum Gasteiger partial charge on any atom is -0.485 e. The monoisotopic (exact) mass is 397 g/mol. The number of hydrogen-bond donors (Lipinski definition) is 1. The van der Waals surface area contributed by atoms with E-state index in [1.165, 1.54) is 11.8 Å². The Morgan fingerprint density at radius 1 is 1.21 bits per heavy atom. The summed E-state index contributed by atoms with van der Waals surface area (Å²) >= 11 is 0. The van der Waals surface area contributed by atoms with Gasteiger partial charge in [-0.1, -0.05) is 12.1 Å². The second kappa shape index (κ2) is 8.64. The number of rotatable bonds is 7. The molecular formula is C21H23N3O5. The molecule has 0 aliphatic rings. The van der Waals surface area contributed by atoms with Crippen LogP contribution in [-0.2, 0) is 17.9 Å². The summed E-state index contributed by atoms with van der Waals surface area (Å²) in [6.07, 6.45) is 1.57. The smallest absolute Gasteiger partial charge is 0.360 e. The molecule has 3 rings (SSSR count). The van der Waals surface area contributed by atoms with Crippen LogP contribution in [0.4, 0.5) is 5.69 Å². The van der Waals surface area contributed by atoms with Gasteiger partial charge in [0.15, 0.2) is 11.5 Å². The number of benzene rings is 1. The molecule has 0 fully saturated rings. The second-order valence-electron chi connectivity index (χ2n) is 6.52. The van der Waals surface area contributed by atoms with E-state index in [0.717, 1.165) is 16.9 Å². The Morgan fingerprint density at radius 2 is 2.00 bits per heavy atom. The van der Waals surface area contributed by atoms with Crippen LogP contribution in [0.2, 0.25) is 0 Å². The summed E-state index contributed by atoms with van der Waals surface area (Å²) in [5, 5.41) is 6.75. The standard InChI is InChI=1S/C21H23N3O5/c1-5-24-11-16(19(23-24)21(26)27-4)22-20(25)17-9-8-15(29-17)12-28-18-10-13(2)6-7-14(18)3/h6-11H,5,12H2,1-4H3,(H,22,25). The highest BCUT2D eigenvalue weighted by Gasteiger charge is 2.21. The molecule has 0 unspecified atom stereocenters. The van der Waals surface area contributed by atoms with Crippen LogP contribution in [0.25, 0.3) is 0 Å². The van der Waals surface area contributed by atoms with Gasteiger partial charge in [0.25, 0.3) is 5.91 Å². The third-order valence-electron chi connectivity index (χ3n) is 4.31. The van der Waals surface area contributed by atoms with Crippen LogP contribution in [0.3, 0.4) is 0 Å². The van der Waals surface area contributed by atoms with Crippen LogP contribution >= 0.6 is 0 Å². The van der Waals surface area contributed by atoms with Crippen LogP contribution in [0, 0.1) is 13.8 Å². The highest BCUT2D eigenvalue weighted by molar-refractivity contribution is 6.05. The van der Waals surface area contributed by atoms with Crippen LogP contribution in [0.5, 0.6) is 5.75 Å². The van der Waals surface area contributed by atoms with Crippen LogP contribution in [0.1, 0.15) is 44.9 Å². The van der Waals surface area contributed by atoms with E-state index in [0.29, 0.717) is 12.3 Å². The van der Waals surface area contributed by atoms with Crippen molar-refractivity contribution in [3.63, 3.8) is 0 Å². The minimum atomic E-state index is -0.630. The van der Waals surface area contributed by atoms with E-state index in [1.54, 1.807) is 18.3 Å². The summed E-state index contributed by atoms with van der Waals surface area (Å²) in [6, 6.07) is 9.18. The predicted molar refractivity (Wildman–Crippen MR) is 106 cm³/mol. The number of anilines is 1. The summed E-state index contributed by atoms with van der Waals surface area (Å²) in [4.78, 5) is 24.4. The largest absolute Gasteiger partial charge is 0.485 e. The number of nitrogens with one attached hydrogen (secondary N) is 1. The molecule has 2 heterocycles. The molecule has 0 radical (unpaired) electrons. The third-order valence-corrected chi connectivity index (χ3v) is 4.31. The van der Waals surface area contributed by atoms with Gasteiger partial charge in [-0.15, -0.1) is 0 Å². The van der Waals surface area contributed by atoms with E-state index < -0.39 is 11.9 Å². The van der Waals surface area contributed by atoms with Gasteiger partial charge in [0.2, 0.25) is 0 Å². The van der Waals surface area contributed by atoms with Crippen molar-refractivity contribution in [2.75, 3.05) is 12.4 Å². The van der Waals surface area contributed by atoms with E-state index in [4.69, 9.17) is 13.9 Å². The number of esters is 1. The van der Waals surface area contributed by atoms with Crippen LogP contribution < -0.4 is 10.1 Å². The lowest BCUT2D eigenvalue weighted by Crippen LogP contribution is -2.14. The van der Waals surface area contributed by atoms with Gasteiger partial charge in [0.05, 0.1) is 12.8 Å². The van der Waals surface area contributed by atoms with Gasteiger partial charge >= 0.3 is 5.97 Å². The van der Waals surface area contributed by atoms with Crippen LogP contribution in [-0.4, -0.2) is 28.8 Å². The molecule has 0 saturated heterocycles. The van der Waals surface area contributed by atoms with Crippen molar-refractivity contribution in [3.8, 4) is 5.75 Å². The van der Waals surface area contributed by atoms with Gasteiger partial charge in [0.1, 0.15) is 18.1 Å². The molecule has 0 aliphatic carbocycles. The van der Waals surface area contributed by atoms with Crippen molar-refractivity contribution < 1.29 is 23.5 Å². The number of carbonyl (C=O) groups is 2. The van der Waals surface area contributed by atoms with Gasteiger partial charge in [-0.05, 0) is 50.1 Å². The van der Waals surface area contributed by atoms with E-state index in [2.05, 4.69) is 10.4 Å². The quantitative estimate of drug-likeness (QED) is 0.610.